The van der Waals surface area contributed by atoms with Crippen molar-refractivity contribution in [3.05, 3.63) is 57.7 Å². The van der Waals surface area contributed by atoms with Crippen molar-refractivity contribution >= 4 is 58.0 Å². The first-order chi connectivity index (χ1) is 12.0. The zero-order valence-corrected chi connectivity index (χ0v) is 15.4. The Kier molecular flexibility index (Phi) is 4.93. The van der Waals surface area contributed by atoms with Crippen LogP contribution in [0.15, 0.2) is 53.5 Å². The number of rotatable bonds is 3. The standard InChI is InChI=1S/C18H14IN3O3/c1-11-6-8-12(9-7-11)22-17(24)13(16(23)21-18(22)25)10-20-15-5-3-2-4-14(15)19/h2-10,13H,1H3,(H,21,23,25)/t13-/m0/s1. The number of urea groups is 1. The number of imide groups is 2. The van der Waals surface area contributed by atoms with Gasteiger partial charge < -0.3 is 0 Å². The average molecular weight is 447 g/mol. The van der Waals surface area contributed by atoms with E-state index in [4.69, 9.17) is 0 Å². The molecule has 0 bridgehead atoms. The zero-order chi connectivity index (χ0) is 18.0. The normalized spacial score (nSPS) is 17.9. The van der Waals surface area contributed by atoms with Crippen LogP contribution in [0, 0.1) is 16.4 Å². The van der Waals surface area contributed by atoms with Crippen molar-refractivity contribution in [2.24, 2.45) is 10.9 Å². The minimum Gasteiger partial charge on any atom is -0.276 e. The van der Waals surface area contributed by atoms with Gasteiger partial charge in [0.05, 0.1) is 11.4 Å². The second kappa shape index (κ2) is 7.14. The van der Waals surface area contributed by atoms with E-state index in [-0.39, 0.29) is 0 Å². The van der Waals surface area contributed by atoms with Gasteiger partial charge in [-0.15, -0.1) is 0 Å². The predicted octanol–water partition coefficient (Wildman–Crippen LogP) is 3.20. The lowest BCUT2D eigenvalue weighted by molar-refractivity contribution is -0.131. The number of nitrogens with one attached hydrogen (secondary N) is 1. The van der Waals surface area contributed by atoms with E-state index in [1.54, 1.807) is 30.3 Å². The molecule has 0 radical (unpaired) electrons. The number of aryl methyl sites for hydroxylation is 1. The molecule has 1 saturated heterocycles. The highest BCUT2D eigenvalue weighted by atomic mass is 127. The SMILES string of the molecule is Cc1ccc(N2C(=O)NC(=O)[C@H](C=Nc3ccccc3I)C2=O)cc1. The Bertz CT molecular complexity index is 877. The maximum atomic E-state index is 12.7. The van der Waals surface area contributed by atoms with E-state index in [9.17, 15) is 14.4 Å². The van der Waals surface area contributed by atoms with Gasteiger partial charge in [-0.2, -0.15) is 0 Å². The topological polar surface area (TPSA) is 78.8 Å². The Morgan fingerprint density at radius 2 is 1.76 bits per heavy atom. The fraction of sp³-hybridized carbons (Fsp3) is 0.111. The first-order valence-corrected chi connectivity index (χ1v) is 8.59. The molecule has 1 aliphatic heterocycles. The molecule has 2 aromatic rings. The Balaban J connectivity index is 1.90. The maximum absolute atomic E-state index is 12.7. The van der Waals surface area contributed by atoms with Crippen molar-refractivity contribution in [1.82, 2.24) is 5.32 Å². The van der Waals surface area contributed by atoms with Crippen LogP contribution >= 0.6 is 22.6 Å². The molecule has 0 aliphatic carbocycles. The molecule has 126 valence electrons. The summed E-state index contributed by atoms with van der Waals surface area (Å²) in [5, 5.41) is 2.21. The van der Waals surface area contributed by atoms with Gasteiger partial charge in [-0.3, -0.25) is 19.9 Å². The Hall–Kier alpha value is -2.55. The highest BCUT2D eigenvalue weighted by Crippen LogP contribution is 2.23. The van der Waals surface area contributed by atoms with Crippen LogP contribution in [0.4, 0.5) is 16.2 Å². The van der Waals surface area contributed by atoms with Gasteiger partial charge in [0.1, 0.15) is 0 Å². The maximum Gasteiger partial charge on any atom is 0.335 e. The Morgan fingerprint density at radius 1 is 1.08 bits per heavy atom. The number of hydrogen-bond acceptors (Lipinski definition) is 4. The highest BCUT2D eigenvalue weighted by Gasteiger charge is 2.40. The van der Waals surface area contributed by atoms with E-state index in [0.29, 0.717) is 11.4 Å². The van der Waals surface area contributed by atoms with Gasteiger partial charge in [0.25, 0.3) is 5.91 Å². The molecule has 1 N–H and O–H groups in total. The summed E-state index contributed by atoms with van der Waals surface area (Å²) < 4.78 is 0.895. The summed E-state index contributed by atoms with van der Waals surface area (Å²) in [6, 6.07) is 13.5. The third kappa shape index (κ3) is 3.60. The molecule has 25 heavy (non-hydrogen) atoms. The third-order valence-electron chi connectivity index (χ3n) is 3.71. The van der Waals surface area contributed by atoms with E-state index in [1.807, 2.05) is 25.1 Å². The number of barbiturate groups is 1. The number of halogens is 1. The molecule has 3 rings (SSSR count). The van der Waals surface area contributed by atoms with E-state index in [2.05, 4.69) is 32.9 Å². The summed E-state index contributed by atoms with van der Waals surface area (Å²) in [6.45, 7) is 1.91. The van der Waals surface area contributed by atoms with Crippen LogP contribution in [-0.4, -0.2) is 24.1 Å². The molecular formula is C18H14IN3O3. The molecule has 1 aliphatic rings. The van der Waals surface area contributed by atoms with E-state index in [0.717, 1.165) is 14.0 Å². The number of aliphatic imine (C=N–C) groups is 1. The molecule has 6 nitrogen and oxygen atoms in total. The first-order valence-electron chi connectivity index (χ1n) is 7.51. The van der Waals surface area contributed by atoms with E-state index < -0.39 is 23.8 Å². The summed E-state index contributed by atoms with van der Waals surface area (Å²) in [4.78, 5) is 42.1. The van der Waals surface area contributed by atoms with Gasteiger partial charge in [-0.25, -0.2) is 9.69 Å². The number of anilines is 1. The number of para-hydroxylation sites is 1. The second-order valence-corrected chi connectivity index (χ2v) is 6.67. The van der Waals surface area contributed by atoms with Gasteiger partial charge >= 0.3 is 6.03 Å². The van der Waals surface area contributed by atoms with Crippen LogP contribution in [0.3, 0.4) is 0 Å². The number of hydrogen-bond donors (Lipinski definition) is 1. The van der Waals surface area contributed by atoms with Crippen LogP contribution in [0.25, 0.3) is 0 Å². The molecule has 0 aromatic heterocycles. The second-order valence-electron chi connectivity index (χ2n) is 5.51. The molecule has 0 spiro atoms. The fourth-order valence-electron chi connectivity index (χ4n) is 2.37. The molecular weight excluding hydrogens is 433 g/mol. The molecule has 0 unspecified atom stereocenters. The summed E-state index contributed by atoms with van der Waals surface area (Å²) in [5.74, 6) is -2.45. The lowest BCUT2D eigenvalue weighted by Crippen LogP contribution is -2.58. The van der Waals surface area contributed by atoms with Crippen molar-refractivity contribution in [2.45, 2.75) is 6.92 Å². The van der Waals surface area contributed by atoms with Crippen LogP contribution < -0.4 is 10.2 Å². The largest absolute Gasteiger partial charge is 0.335 e. The van der Waals surface area contributed by atoms with Crippen LogP contribution in [0.5, 0.6) is 0 Å². The molecule has 4 amide bonds. The van der Waals surface area contributed by atoms with Crippen molar-refractivity contribution in [1.29, 1.82) is 0 Å². The number of nitrogens with zero attached hydrogens (tertiary/aromatic N) is 2. The molecule has 7 heteroatoms. The Labute approximate surface area is 158 Å². The lowest BCUT2D eigenvalue weighted by Gasteiger charge is -2.28. The van der Waals surface area contributed by atoms with Crippen LogP contribution in [0.2, 0.25) is 0 Å². The monoisotopic (exact) mass is 447 g/mol. The molecule has 0 saturated carbocycles. The molecule has 1 heterocycles. The van der Waals surface area contributed by atoms with Crippen LogP contribution in [-0.2, 0) is 9.59 Å². The van der Waals surface area contributed by atoms with Gasteiger partial charge in [-0.05, 0) is 53.8 Å². The fourth-order valence-corrected chi connectivity index (χ4v) is 2.90. The van der Waals surface area contributed by atoms with Gasteiger partial charge in [-0.1, -0.05) is 29.8 Å². The Morgan fingerprint density at radius 3 is 2.44 bits per heavy atom. The lowest BCUT2D eigenvalue weighted by atomic mass is 10.1. The first kappa shape index (κ1) is 17.3. The van der Waals surface area contributed by atoms with Gasteiger partial charge in [0, 0.05) is 9.78 Å². The van der Waals surface area contributed by atoms with Crippen molar-refractivity contribution in [3.63, 3.8) is 0 Å². The van der Waals surface area contributed by atoms with E-state index >= 15 is 0 Å². The zero-order valence-electron chi connectivity index (χ0n) is 13.3. The summed E-state index contributed by atoms with van der Waals surface area (Å²) >= 11 is 2.12. The van der Waals surface area contributed by atoms with Crippen molar-refractivity contribution < 1.29 is 14.4 Å². The average Bonchev–Trinajstić information content (AvgIpc) is 2.57. The van der Waals surface area contributed by atoms with E-state index in [1.165, 1.54) is 6.21 Å². The smallest absolute Gasteiger partial charge is 0.276 e. The summed E-state index contributed by atoms with van der Waals surface area (Å²) in [7, 11) is 0. The van der Waals surface area contributed by atoms with Crippen molar-refractivity contribution in [3.8, 4) is 0 Å². The van der Waals surface area contributed by atoms with Gasteiger partial charge in [0.15, 0.2) is 5.92 Å². The number of carbonyl (C=O) groups is 3. The van der Waals surface area contributed by atoms with Crippen molar-refractivity contribution in [2.75, 3.05) is 4.90 Å². The number of benzene rings is 2. The summed E-state index contributed by atoms with van der Waals surface area (Å²) in [6.07, 6.45) is 1.28. The predicted molar refractivity (Wildman–Crippen MR) is 103 cm³/mol. The number of amides is 4. The molecule has 1 fully saturated rings. The molecule has 2 aromatic carbocycles. The van der Waals surface area contributed by atoms with Gasteiger partial charge in [0.2, 0.25) is 5.91 Å². The minimum absolute atomic E-state index is 0.410. The summed E-state index contributed by atoms with van der Waals surface area (Å²) in [5.41, 5.74) is 2.07. The quantitative estimate of drug-likeness (QED) is 0.446. The molecule has 1 atom stereocenters. The highest BCUT2D eigenvalue weighted by molar-refractivity contribution is 14.1. The minimum atomic E-state index is -1.16. The van der Waals surface area contributed by atoms with Crippen LogP contribution in [0.1, 0.15) is 5.56 Å². The third-order valence-corrected chi connectivity index (χ3v) is 4.62. The number of carbonyl (C=O) groups excluding carboxylic acids is 3.